The number of hydrogen-bond acceptors (Lipinski definition) is 1. The van der Waals surface area contributed by atoms with Gasteiger partial charge in [0.1, 0.15) is 0 Å². The smallest absolute Gasteiger partial charge is 0.188 e. The van der Waals surface area contributed by atoms with Crippen LogP contribution in [0.25, 0.3) is 98.3 Å². The molecule has 10 aromatic rings. The maximum Gasteiger partial charge on any atom is 0.188 e. The molecule has 0 aliphatic heterocycles. The molecule has 0 N–H and O–H groups in total. The Bertz CT molecular complexity index is 3000. The minimum absolute atomic E-state index is 0.641. The summed E-state index contributed by atoms with van der Waals surface area (Å²) in [6, 6.07) is 62.1. The maximum atomic E-state index is 7.67. The average Bonchev–Trinajstić information content (AvgIpc) is 3.53. The molecule has 0 bridgehead atoms. The zero-order valence-electron chi connectivity index (χ0n) is 27.6. The molecule has 2 heterocycles. The Morgan fingerprint density at radius 1 is 0.431 bits per heavy atom. The van der Waals surface area contributed by atoms with Crippen LogP contribution in [0.4, 0.5) is 5.69 Å². The molecule has 0 saturated carbocycles. The van der Waals surface area contributed by atoms with E-state index in [-0.39, 0.29) is 0 Å². The molecule has 0 radical (unpaired) electrons. The molecular weight excluding hydrogens is 619 g/mol. The molecule has 0 aliphatic carbocycles. The van der Waals surface area contributed by atoms with E-state index < -0.39 is 0 Å². The normalized spacial score (nSPS) is 11.5. The van der Waals surface area contributed by atoms with Gasteiger partial charge in [-0.1, -0.05) is 127 Å². The second-order valence-electron chi connectivity index (χ2n) is 13.0. The van der Waals surface area contributed by atoms with Gasteiger partial charge in [0, 0.05) is 32.8 Å². The third kappa shape index (κ3) is 4.62. The summed E-state index contributed by atoms with van der Waals surface area (Å²) < 4.78 is 2.29. The van der Waals surface area contributed by atoms with Crippen LogP contribution < -0.4 is 0 Å². The molecule has 0 atom stereocenters. The van der Waals surface area contributed by atoms with E-state index in [1.54, 1.807) is 0 Å². The Balaban J connectivity index is 1.16. The van der Waals surface area contributed by atoms with Crippen molar-refractivity contribution in [1.29, 1.82) is 0 Å². The molecule has 0 spiro atoms. The van der Waals surface area contributed by atoms with Crippen molar-refractivity contribution in [3.63, 3.8) is 0 Å². The lowest BCUT2D eigenvalue weighted by Crippen LogP contribution is -1.93. The molecule has 0 aliphatic rings. The monoisotopic (exact) mass is 647 g/mol. The number of pyridine rings is 1. The van der Waals surface area contributed by atoms with Crippen molar-refractivity contribution in [2.45, 2.75) is 0 Å². The van der Waals surface area contributed by atoms with Gasteiger partial charge in [-0.15, -0.1) is 0 Å². The van der Waals surface area contributed by atoms with Gasteiger partial charge in [0.25, 0.3) is 0 Å². The van der Waals surface area contributed by atoms with Crippen LogP contribution in [0.5, 0.6) is 0 Å². The lowest BCUT2D eigenvalue weighted by Gasteiger charge is -2.16. The van der Waals surface area contributed by atoms with Crippen LogP contribution in [0.15, 0.2) is 176 Å². The first-order valence-corrected chi connectivity index (χ1v) is 17.2. The van der Waals surface area contributed by atoms with E-state index in [0.717, 1.165) is 66.2 Å². The van der Waals surface area contributed by atoms with Gasteiger partial charge in [-0.3, -0.25) is 0 Å². The Morgan fingerprint density at radius 2 is 1.04 bits per heavy atom. The van der Waals surface area contributed by atoms with E-state index in [1.807, 2.05) is 18.2 Å². The summed E-state index contributed by atoms with van der Waals surface area (Å²) in [7, 11) is 0. The van der Waals surface area contributed by atoms with E-state index >= 15 is 0 Å². The maximum absolute atomic E-state index is 7.67. The fraction of sp³-hybridized carbons (Fsp3) is 0. The molecule has 0 saturated heterocycles. The summed E-state index contributed by atoms with van der Waals surface area (Å²) in [5, 5.41) is 8.21. The molecule has 3 heteroatoms. The second kappa shape index (κ2) is 11.6. The molecule has 51 heavy (non-hydrogen) atoms. The second-order valence-corrected chi connectivity index (χ2v) is 13.0. The van der Waals surface area contributed by atoms with Crippen molar-refractivity contribution in [3.8, 4) is 39.2 Å². The van der Waals surface area contributed by atoms with Gasteiger partial charge < -0.3 is 4.57 Å². The van der Waals surface area contributed by atoms with Gasteiger partial charge in [-0.05, 0) is 86.9 Å². The highest BCUT2D eigenvalue weighted by Gasteiger charge is 2.18. The third-order valence-electron chi connectivity index (χ3n) is 10.2. The Hall–Kier alpha value is -7.02. The zero-order valence-corrected chi connectivity index (χ0v) is 27.6. The first-order valence-electron chi connectivity index (χ1n) is 17.2. The molecule has 8 aromatic carbocycles. The molecule has 0 fully saturated rings. The first-order chi connectivity index (χ1) is 25.2. The molecule has 3 nitrogen and oxygen atoms in total. The van der Waals surface area contributed by atoms with Crippen molar-refractivity contribution < 1.29 is 0 Å². The molecule has 236 valence electrons. The number of para-hydroxylation sites is 2. The Morgan fingerprint density at radius 3 is 1.80 bits per heavy atom. The SMILES string of the molecule is [C-]#[N+]c1ccc2c(c1)c1cc(-c3ccc(-c4nc5ccccc5c5c4cc(-c4ccccc4)c4ccccc45)cc3)ccc1n2-c1ccccc1. The number of benzene rings is 8. The topological polar surface area (TPSA) is 22.2 Å². The van der Waals surface area contributed by atoms with E-state index in [4.69, 9.17) is 11.6 Å². The van der Waals surface area contributed by atoms with Gasteiger partial charge in [-0.25, -0.2) is 9.83 Å². The van der Waals surface area contributed by atoms with Crippen LogP contribution in [-0.2, 0) is 0 Å². The fourth-order valence-electron chi connectivity index (χ4n) is 7.83. The van der Waals surface area contributed by atoms with Crippen LogP contribution in [0.3, 0.4) is 0 Å². The molecule has 2 aromatic heterocycles. The van der Waals surface area contributed by atoms with E-state index in [1.165, 1.54) is 27.3 Å². The van der Waals surface area contributed by atoms with E-state index in [9.17, 15) is 0 Å². The number of fused-ring (bicyclic) bond motifs is 8. The van der Waals surface area contributed by atoms with Crippen LogP contribution in [0.1, 0.15) is 0 Å². The molecule has 10 rings (SSSR count). The highest BCUT2D eigenvalue weighted by molar-refractivity contribution is 6.25. The van der Waals surface area contributed by atoms with Crippen LogP contribution in [0, 0.1) is 6.57 Å². The highest BCUT2D eigenvalue weighted by atomic mass is 15.0. The predicted octanol–water partition coefficient (Wildman–Crippen LogP) is 13.2. The fourth-order valence-corrected chi connectivity index (χ4v) is 7.83. The van der Waals surface area contributed by atoms with Gasteiger partial charge >= 0.3 is 0 Å². The Labute approximate surface area is 295 Å². The third-order valence-corrected chi connectivity index (χ3v) is 10.2. The lowest BCUT2D eigenvalue weighted by atomic mass is 9.89. The Kier molecular flexibility index (Phi) is 6.56. The van der Waals surface area contributed by atoms with Crippen molar-refractivity contribution in [2.24, 2.45) is 0 Å². The van der Waals surface area contributed by atoms with Crippen LogP contribution in [-0.4, -0.2) is 9.55 Å². The summed E-state index contributed by atoms with van der Waals surface area (Å²) in [5.74, 6) is 0. The zero-order chi connectivity index (χ0) is 33.9. The van der Waals surface area contributed by atoms with Gasteiger partial charge in [0.2, 0.25) is 0 Å². The van der Waals surface area contributed by atoms with Crippen LogP contribution >= 0.6 is 0 Å². The van der Waals surface area contributed by atoms with Crippen molar-refractivity contribution in [2.75, 3.05) is 0 Å². The van der Waals surface area contributed by atoms with Crippen molar-refractivity contribution in [3.05, 3.63) is 187 Å². The quantitative estimate of drug-likeness (QED) is 0.138. The van der Waals surface area contributed by atoms with Crippen LogP contribution in [0.2, 0.25) is 0 Å². The summed E-state index contributed by atoms with van der Waals surface area (Å²) in [5.41, 5.74) is 11.6. The highest BCUT2D eigenvalue weighted by Crippen LogP contribution is 2.42. The number of rotatable bonds is 4. The van der Waals surface area contributed by atoms with Gasteiger partial charge in [-0.2, -0.15) is 0 Å². The standard InChI is InChI=1S/C48H29N3/c1-49-35-25-27-46-42(29-35)41-28-34(24-26-45(41)51(46)36-14-6-3-7-15-36)31-20-22-33(23-21-31)48-43-30-40(32-12-4-2-5-13-32)37-16-8-9-17-38(37)47(43)39-18-10-11-19-44(39)50-48/h2-30H. The van der Waals surface area contributed by atoms with Gasteiger partial charge in [0.15, 0.2) is 5.69 Å². The number of aromatic nitrogens is 2. The van der Waals surface area contributed by atoms with E-state index in [2.05, 4.69) is 167 Å². The summed E-state index contributed by atoms with van der Waals surface area (Å²) in [6.45, 7) is 7.67. The predicted molar refractivity (Wildman–Crippen MR) is 214 cm³/mol. The molecule has 0 unspecified atom stereocenters. The number of hydrogen-bond donors (Lipinski definition) is 0. The van der Waals surface area contributed by atoms with Crippen molar-refractivity contribution in [1.82, 2.24) is 9.55 Å². The molecular formula is C48H29N3. The minimum Gasteiger partial charge on any atom is -0.309 e. The summed E-state index contributed by atoms with van der Waals surface area (Å²) >= 11 is 0. The molecule has 0 amide bonds. The minimum atomic E-state index is 0.641. The van der Waals surface area contributed by atoms with Gasteiger partial charge in [0.05, 0.1) is 28.8 Å². The summed E-state index contributed by atoms with van der Waals surface area (Å²) in [6.07, 6.45) is 0. The van der Waals surface area contributed by atoms with Crippen molar-refractivity contribution >= 4 is 59.9 Å². The average molecular weight is 648 g/mol. The lowest BCUT2D eigenvalue weighted by molar-refractivity contribution is 1.18. The largest absolute Gasteiger partial charge is 0.309 e. The first kappa shape index (κ1) is 28.9. The van der Waals surface area contributed by atoms with E-state index in [0.29, 0.717) is 5.69 Å². The summed E-state index contributed by atoms with van der Waals surface area (Å²) in [4.78, 5) is 9.06. The number of nitrogens with zero attached hydrogens (tertiary/aromatic N) is 3.